The third kappa shape index (κ3) is 5.54. The van der Waals surface area contributed by atoms with Crippen LogP contribution in [0.4, 0.5) is 0 Å². The number of halogens is 1. The van der Waals surface area contributed by atoms with Crippen LogP contribution in [-0.4, -0.2) is 17.8 Å². The zero-order valence-corrected chi connectivity index (χ0v) is 11.9. The molecule has 0 saturated heterocycles. The summed E-state index contributed by atoms with van der Waals surface area (Å²) in [4.78, 5) is 11.9. The standard InChI is InChI=1S/C15H22ClNO/c1-12(2)17-15(18)11-14(9-6-10-16)13-7-4-3-5-8-13/h3-5,7-8,12,14H,6,9-11H2,1-2H3,(H,17,18). The smallest absolute Gasteiger partial charge is 0.220 e. The molecule has 0 aliphatic heterocycles. The predicted octanol–water partition coefficient (Wildman–Crippen LogP) is 3.70. The lowest BCUT2D eigenvalue weighted by molar-refractivity contribution is -0.122. The van der Waals surface area contributed by atoms with Gasteiger partial charge in [0.2, 0.25) is 5.91 Å². The van der Waals surface area contributed by atoms with Crippen LogP contribution in [-0.2, 0) is 4.79 Å². The van der Waals surface area contributed by atoms with Gasteiger partial charge in [-0.2, -0.15) is 0 Å². The SMILES string of the molecule is CC(C)NC(=O)CC(CCCCl)c1ccccc1. The quantitative estimate of drug-likeness (QED) is 0.750. The summed E-state index contributed by atoms with van der Waals surface area (Å²) < 4.78 is 0. The van der Waals surface area contributed by atoms with Gasteiger partial charge < -0.3 is 5.32 Å². The van der Waals surface area contributed by atoms with Gasteiger partial charge in [-0.25, -0.2) is 0 Å². The molecule has 1 atom stereocenters. The topological polar surface area (TPSA) is 29.1 Å². The number of carbonyl (C=O) groups is 1. The molecular formula is C15H22ClNO. The third-order valence-corrected chi connectivity index (χ3v) is 3.11. The Morgan fingerprint density at radius 2 is 1.94 bits per heavy atom. The first-order valence-electron chi connectivity index (χ1n) is 6.53. The van der Waals surface area contributed by atoms with Crippen LogP contribution in [0, 0.1) is 0 Å². The number of hydrogen-bond acceptors (Lipinski definition) is 1. The minimum absolute atomic E-state index is 0.119. The van der Waals surface area contributed by atoms with E-state index >= 15 is 0 Å². The van der Waals surface area contributed by atoms with Crippen molar-refractivity contribution in [1.29, 1.82) is 0 Å². The fraction of sp³-hybridized carbons (Fsp3) is 0.533. The molecule has 2 nitrogen and oxygen atoms in total. The van der Waals surface area contributed by atoms with Gasteiger partial charge in [0.05, 0.1) is 0 Å². The van der Waals surface area contributed by atoms with Gasteiger partial charge in [0, 0.05) is 18.3 Å². The van der Waals surface area contributed by atoms with Crippen LogP contribution in [0.5, 0.6) is 0 Å². The Morgan fingerprint density at radius 1 is 1.28 bits per heavy atom. The van der Waals surface area contributed by atoms with E-state index in [1.54, 1.807) is 0 Å². The summed E-state index contributed by atoms with van der Waals surface area (Å²) in [5.74, 6) is 1.03. The predicted molar refractivity (Wildman–Crippen MR) is 77.0 cm³/mol. The van der Waals surface area contributed by atoms with E-state index in [1.807, 2.05) is 32.0 Å². The average Bonchev–Trinajstić information content (AvgIpc) is 2.34. The van der Waals surface area contributed by atoms with Crippen LogP contribution >= 0.6 is 11.6 Å². The molecule has 0 aromatic heterocycles. The van der Waals surface area contributed by atoms with Crippen molar-refractivity contribution in [2.45, 2.75) is 45.1 Å². The number of amides is 1. The first-order chi connectivity index (χ1) is 8.63. The van der Waals surface area contributed by atoms with Crippen molar-refractivity contribution in [3.05, 3.63) is 35.9 Å². The first kappa shape index (κ1) is 15.0. The second-order valence-corrected chi connectivity index (χ2v) is 5.24. The number of carbonyl (C=O) groups excluding carboxylic acids is 1. The van der Waals surface area contributed by atoms with Crippen LogP contribution in [0.25, 0.3) is 0 Å². The zero-order valence-electron chi connectivity index (χ0n) is 11.2. The van der Waals surface area contributed by atoms with E-state index < -0.39 is 0 Å². The molecule has 1 aromatic rings. The maximum Gasteiger partial charge on any atom is 0.220 e. The van der Waals surface area contributed by atoms with Gasteiger partial charge in [0.1, 0.15) is 0 Å². The maximum atomic E-state index is 11.9. The lowest BCUT2D eigenvalue weighted by Gasteiger charge is -2.17. The average molecular weight is 268 g/mol. The number of benzene rings is 1. The lowest BCUT2D eigenvalue weighted by atomic mass is 9.91. The Balaban J connectivity index is 2.64. The minimum Gasteiger partial charge on any atom is -0.354 e. The van der Waals surface area contributed by atoms with E-state index in [4.69, 9.17) is 11.6 Å². The summed E-state index contributed by atoms with van der Waals surface area (Å²) in [6, 6.07) is 10.4. The van der Waals surface area contributed by atoms with Gasteiger partial charge in [-0.15, -0.1) is 11.6 Å². The lowest BCUT2D eigenvalue weighted by Crippen LogP contribution is -2.31. The Morgan fingerprint density at radius 3 is 2.50 bits per heavy atom. The molecule has 3 heteroatoms. The molecule has 0 saturated carbocycles. The number of hydrogen-bond donors (Lipinski definition) is 1. The molecule has 0 fully saturated rings. The maximum absolute atomic E-state index is 11.9. The molecule has 1 amide bonds. The van der Waals surface area contributed by atoms with Gasteiger partial charge in [0.25, 0.3) is 0 Å². The molecule has 0 radical (unpaired) electrons. The van der Waals surface area contributed by atoms with E-state index in [0.717, 1.165) is 12.8 Å². The molecule has 0 heterocycles. The van der Waals surface area contributed by atoms with Crippen molar-refractivity contribution in [3.8, 4) is 0 Å². The Labute approximate surface area is 115 Å². The second kappa shape index (κ2) is 8.15. The van der Waals surface area contributed by atoms with Crippen LogP contribution < -0.4 is 5.32 Å². The van der Waals surface area contributed by atoms with E-state index in [-0.39, 0.29) is 17.9 Å². The van der Waals surface area contributed by atoms with E-state index in [1.165, 1.54) is 5.56 Å². The van der Waals surface area contributed by atoms with Crippen molar-refractivity contribution in [1.82, 2.24) is 5.32 Å². The molecule has 1 rings (SSSR count). The summed E-state index contributed by atoms with van der Waals surface area (Å²) in [6.45, 7) is 3.96. The molecule has 18 heavy (non-hydrogen) atoms. The first-order valence-corrected chi connectivity index (χ1v) is 7.07. The molecule has 0 aliphatic rings. The van der Waals surface area contributed by atoms with Gasteiger partial charge in [-0.05, 0) is 38.2 Å². The molecule has 1 aromatic carbocycles. The molecule has 100 valence electrons. The Bertz CT molecular complexity index is 351. The number of alkyl halides is 1. The normalized spacial score (nSPS) is 12.4. The summed E-state index contributed by atoms with van der Waals surface area (Å²) in [5, 5.41) is 2.95. The second-order valence-electron chi connectivity index (χ2n) is 4.87. The molecule has 0 aliphatic carbocycles. The van der Waals surface area contributed by atoms with Gasteiger partial charge in [-0.1, -0.05) is 30.3 Å². The molecule has 1 N–H and O–H groups in total. The highest BCUT2D eigenvalue weighted by Gasteiger charge is 2.15. The Hall–Kier alpha value is -1.02. The van der Waals surface area contributed by atoms with E-state index in [0.29, 0.717) is 12.3 Å². The fourth-order valence-corrected chi connectivity index (χ4v) is 2.19. The van der Waals surface area contributed by atoms with Crippen LogP contribution in [0.2, 0.25) is 0 Å². The molecule has 1 unspecified atom stereocenters. The van der Waals surface area contributed by atoms with Crippen molar-refractivity contribution in [2.24, 2.45) is 0 Å². The number of nitrogens with one attached hydrogen (secondary N) is 1. The third-order valence-electron chi connectivity index (χ3n) is 2.84. The summed E-state index contributed by atoms with van der Waals surface area (Å²) in [5.41, 5.74) is 1.22. The summed E-state index contributed by atoms with van der Waals surface area (Å²) >= 11 is 5.75. The molecular weight excluding hydrogens is 246 g/mol. The van der Waals surface area contributed by atoms with Crippen molar-refractivity contribution in [3.63, 3.8) is 0 Å². The minimum atomic E-state index is 0.119. The van der Waals surface area contributed by atoms with Crippen molar-refractivity contribution >= 4 is 17.5 Å². The highest BCUT2D eigenvalue weighted by molar-refractivity contribution is 6.17. The highest BCUT2D eigenvalue weighted by atomic mass is 35.5. The van der Waals surface area contributed by atoms with Gasteiger partial charge in [-0.3, -0.25) is 4.79 Å². The summed E-state index contributed by atoms with van der Waals surface area (Å²) in [7, 11) is 0. The van der Waals surface area contributed by atoms with Crippen molar-refractivity contribution in [2.75, 3.05) is 5.88 Å². The van der Waals surface area contributed by atoms with Crippen LogP contribution in [0.1, 0.15) is 44.6 Å². The largest absolute Gasteiger partial charge is 0.354 e. The van der Waals surface area contributed by atoms with Crippen LogP contribution in [0.15, 0.2) is 30.3 Å². The summed E-state index contributed by atoms with van der Waals surface area (Å²) in [6.07, 6.45) is 2.44. The van der Waals surface area contributed by atoms with E-state index in [9.17, 15) is 4.79 Å². The molecule has 0 bridgehead atoms. The van der Waals surface area contributed by atoms with Gasteiger partial charge in [0.15, 0.2) is 0 Å². The van der Waals surface area contributed by atoms with Crippen molar-refractivity contribution < 1.29 is 4.79 Å². The molecule has 0 spiro atoms. The Kier molecular flexibility index (Phi) is 6.81. The zero-order chi connectivity index (χ0) is 13.4. The number of rotatable bonds is 7. The van der Waals surface area contributed by atoms with E-state index in [2.05, 4.69) is 17.4 Å². The monoisotopic (exact) mass is 267 g/mol. The fourth-order valence-electron chi connectivity index (χ4n) is 2.04. The highest BCUT2D eigenvalue weighted by Crippen LogP contribution is 2.25. The van der Waals surface area contributed by atoms with Crippen LogP contribution in [0.3, 0.4) is 0 Å². The van der Waals surface area contributed by atoms with Gasteiger partial charge >= 0.3 is 0 Å².